The number of carbonyl (C=O) groups excluding carboxylic acids is 1. The maximum atomic E-state index is 12.7. The van der Waals surface area contributed by atoms with Crippen molar-refractivity contribution >= 4 is 34.4 Å². The smallest absolute Gasteiger partial charge is 0.416 e. The third-order valence-corrected chi connectivity index (χ3v) is 4.84. The average molecular weight is 452 g/mol. The van der Waals surface area contributed by atoms with Crippen molar-refractivity contribution in [2.75, 3.05) is 11.7 Å². The SMILES string of the molecule is CC[S+]([O-])COC(=O)c1cc(Oc2ccc(C(F)(F)F)cc2Cl)ccc1[N+](=O)[O-]. The van der Waals surface area contributed by atoms with Crippen molar-refractivity contribution in [1.29, 1.82) is 0 Å². The third-order valence-electron chi connectivity index (χ3n) is 3.52. The van der Waals surface area contributed by atoms with Crippen LogP contribution in [0.1, 0.15) is 22.8 Å². The molecular weight excluding hydrogens is 439 g/mol. The quantitative estimate of drug-likeness (QED) is 0.255. The van der Waals surface area contributed by atoms with Gasteiger partial charge in [0.2, 0.25) is 5.94 Å². The van der Waals surface area contributed by atoms with E-state index >= 15 is 0 Å². The van der Waals surface area contributed by atoms with Crippen LogP contribution >= 0.6 is 11.6 Å². The number of esters is 1. The van der Waals surface area contributed by atoms with Gasteiger partial charge in [-0.1, -0.05) is 11.6 Å². The molecule has 0 saturated carbocycles. The minimum Gasteiger partial charge on any atom is -0.614 e. The van der Waals surface area contributed by atoms with Gasteiger partial charge < -0.3 is 14.0 Å². The van der Waals surface area contributed by atoms with E-state index in [2.05, 4.69) is 0 Å². The van der Waals surface area contributed by atoms with E-state index in [1.54, 1.807) is 6.92 Å². The Kier molecular flexibility index (Phi) is 7.33. The van der Waals surface area contributed by atoms with Gasteiger partial charge in [0.15, 0.2) is 0 Å². The number of halogens is 4. The maximum Gasteiger partial charge on any atom is 0.416 e. The molecule has 0 N–H and O–H groups in total. The van der Waals surface area contributed by atoms with E-state index in [0.717, 1.165) is 30.3 Å². The van der Waals surface area contributed by atoms with E-state index in [4.69, 9.17) is 21.1 Å². The normalized spacial score (nSPS) is 12.3. The lowest BCUT2D eigenvalue weighted by atomic mass is 10.1. The third kappa shape index (κ3) is 5.99. The van der Waals surface area contributed by atoms with Crippen LogP contribution in [0, 0.1) is 10.1 Å². The van der Waals surface area contributed by atoms with E-state index in [9.17, 15) is 32.6 Å². The first kappa shape index (κ1) is 22.8. The fourth-order valence-corrected chi connectivity index (χ4v) is 2.69. The van der Waals surface area contributed by atoms with Crippen LogP contribution in [0.15, 0.2) is 36.4 Å². The van der Waals surface area contributed by atoms with Crippen molar-refractivity contribution in [2.24, 2.45) is 0 Å². The Balaban J connectivity index is 2.31. The van der Waals surface area contributed by atoms with Gasteiger partial charge in [-0.25, -0.2) is 4.79 Å². The monoisotopic (exact) mass is 451 g/mol. The minimum absolute atomic E-state index is 0.0965. The number of nitro benzene ring substituents is 1. The van der Waals surface area contributed by atoms with Gasteiger partial charge >= 0.3 is 12.1 Å². The number of nitro groups is 1. The molecule has 0 aromatic heterocycles. The zero-order valence-corrected chi connectivity index (χ0v) is 16.3. The van der Waals surface area contributed by atoms with Gasteiger partial charge in [0.05, 0.1) is 15.5 Å². The van der Waals surface area contributed by atoms with Crippen molar-refractivity contribution in [2.45, 2.75) is 13.1 Å². The van der Waals surface area contributed by atoms with Gasteiger partial charge in [-0.3, -0.25) is 10.1 Å². The molecule has 0 fully saturated rings. The molecule has 0 heterocycles. The second kappa shape index (κ2) is 9.33. The molecule has 7 nitrogen and oxygen atoms in total. The second-order valence-electron chi connectivity index (χ2n) is 5.46. The number of alkyl halides is 3. The van der Waals surface area contributed by atoms with Crippen LogP contribution in [0.2, 0.25) is 5.02 Å². The highest BCUT2D eigenvalue weighted by Gasteiger charge is 2.31. The van der Waals surface area contributed by atoms with Gasteiger partial charge in [0.1, 0.15) is 22.8 Å². The lowest BCUT2D eigenvalue weighted by Gasteiger charge is -2.12. The molecule has 2 aromatic carbocycles. The summed E-state index contributed by atoms with van der Waals surface area (Å²) in [6.07, 6.45) is -4.59. The van der Waals surface area contributed by atoms with Crippen molar-refractivity contribution in [3.05, 3.63) is 62.7 Å². The van der Waals surface area contributed by atoms with Crippen LogP contribution in [0.5, 0.6) is 11.5 Å². The number of hydrogen-bond acceptors (Lipinski definition) is 6. The van der Waals surface area contributed by atoms with Crippen molar-refractivity contribution in [3.8, 4) is 11.5 Å². The molecule has 0 radical (unpaired) electrons. The van der Waals surface area contributed by atoms with E-state index in [1.165, 1.54) is 0 Å². The Morgan fingerprint density at radius 3 is 2.48 bits per heavy atom. The number of carbonyl (C=O) groups is 1. The predicted molar refractivity (Wildman–Crippen MR) is 98.6 cm³/mol. The van der Waals surface area contributed by atoms with Gasteiger partial charge in [0, 0.05) is 12.1 Å². The molecule has 1 atom stereocenters. The summed E-state index contributed by atoms with van der Waals surface area (Å²) in [5.41, 5.74) is -2.03. The van der Waals surface area contributed by atoms with Crippen LogP contribution < -0.4 is 4.74 Å². The standard InChI is InChI=1S/C17H13ClF3NO6S/c1-2-29(26)9-27-16(23)12-8-11(4-5-14(12)22(24)25)28-15-6-3-10(7-13(15)18)17(19,20)21/h3-8H,2,9H2,1H3. The first-order chi connectivity index (χ1) is 13.5. The molecule has 1 unspecified atom stereocenters. The van der Waals surface area contributed by atoms with E-state index in [1.807, 2.05) is 0 Å². The van der Waals surface area contributed by atoms with Crippen molar-refractivity contribution < 1.29 is 36.9 Å². The summed E-state index contributed by atoms with van der Waals surface area (Å²) in [6.45, 7) is 1.61. The molecule has 156 valence electrons. The summed E-state index contributed by atoms with van der Waals surface area (Å²) in [7, 11) is 0. The molecule has 0 saturated heterocycles. The Bertz CT molecular complexity index is 925. The molecule has 0 bridgehead atoms. The Hall–Kier alpha value is -2.50. The average Bonchev–Trinajstić information content (AvgIpc) is 2.66. The molecule has 2 aromatic rings. The fraction of sp³-hybridized carbons (Fsp3) is 0.235. The maximum absolute atomic E-state index is 12.7. The number of hydrogen-bond donors (Lipinski definition) is 0. The van der Waals surface area contributed by atoms with Crippen LogP contribution in [0.25, 0.3) is 0 Å². The Labute approximate surface area is 170 Å². The first-order valence-corrected chi connectivity index (χ1v) is 9.74. The summed E-state index contributed by atoms with van der Waals surface area (Å²) < 4.78 is 59.7. The number of ether oxygens (including phenoxy) is 2. The number of nitrogens with zero attached hydrogens (tertiary/aromatic N) is 1. The lowest BCUT2D eigenvalue weighted by Crippen LogP contribution is -2.17. The summed E-state index contributed by atoms with van der Waals surface area (Å²) >= 11 is 4.37. The van der Waals surface area contributed by atoms with Crippen LogP contribution in [0.4, 0.5) is 18.9 Å². The van der Waals surface area contributed by atoms with E-state index in [-0.39, 0.29) is 22.3 Å². The Morgan fingerprint density at radius 2 is 1.93 bits per heavy atom. The summed E-state index contributed by atoms with van der Waals surface area (Å²) in [4.78, 5) is 22.5. The van der Waals surface area contributed by atoms with Gasteiger partial charge in [-0.05, 0) is 42.4 Å². The molecule has 12 heteroatoms. The topological polar surface area (TPSA) is 102 Å². The van der Waals surface area contributed by atoms with E-state index in [0.29, 0.717) is 6.07 Å². The number of benzene rings is 2. The molecule has 0 aliphatic carbocycles. The van der Waals surface area contributed by atoms with Crippen molar-refractivity contribution in [1.82, 2.24) is 0 Å². The van der Waals surface area contributed by atoms with E-state index < -0.39 is 51.0 Å². The highest BCUT2D eigenvalue weighted by Crippen LogP contribution is 2.37. The van der Waals surface area contributed by atoms with Crippen LogP contribution in [0.3, 0.4) is 0 Å². The molecule has 0 amide bonds. The largest absolute Gasteiger partial charge is 0.614 e. The molecule has 0 aliphatic heterocycles. The second-order valence-corrected chi connectivity index (χ2v) is 7.56. The predicted octanol–water partition coefficient (Wildman–Crippen LogP) is 4.94. The van der Waals surface area contributed by atoms with Crippen molar-refractivity contribution in [3.63, 3.8) is 0 Å². The zero-order valence-electron chi connectivity index (χ0n) is 14.7. The number of rotatable bonds is 7. The fourth-order valence-electron chi connectivity index (χ4n) is 2.07. The highest BCUT2D eigenvalue weighted by molar-refractivity contribution is 7.91. The summed E-state index contributed by atoms with van der Waals surface area (Å²) in [6, 6.07) is 5.51. The molecule has 29 heavy (non-hydrogen) atoms. The van der Waals surface area contributed by atoms with Crippen LogP contribution in [-0.2, 0) is 22.1 Å². The lowest BCUT2D eigenvalue weighted by molar-refractivity contribution is -0.385. The molecular formula is C17H13ClF3NO6S. The minimum atomic E-state index is -4.59. The zero-order chi connectivity index (χ0) is 21.8. The van der Waals surface area contributed by atoms with Gasteiger partial charge in [-0.15, -0.1) is 0 Å². The van der Waals surface area contributed by atoms with Crippen LogP contribution in [-0.4, -0.2) is 27.1 Å². The van der Waals surface area contributed by atoms with Gasteiger partial charge in [-0.2, -0.15) is 13.2 Å². The Morgan fingerprint density at radius 1 is 1.24 bits per heavy atom. The summed E-state index contributed by atoms with van der Waals surface area (Å²) in [5, 5.41) is 10.8. The molecule has 0 spiro atoms. The molecule has 0 aliphatic rings. The first-order valence-electron chi connectivity index (χ1n) is 7.88. The molecule has 2 rings (SSSR count). The van der Waals surface area contributed by atoms with Gasteiger partial charge in [0.25, 0.3) is 5.69 Å². The summed E-state index contributed by atoms with van der Waals surface area (Å²) in [5.74, 6) is -1.56. The highest BCUT2D eigenvalue weighted by atomic mass is 35.5.